The van der Waals surface area contributed by atoms with E-state index in [1.54, 1.807) is 23.6 Å². The number of thiazole rings is 1. The van der Waals surface area contributed by atoms with E-state index in [0.29, 0.717) is 55.5 Å². The molecule has 4 aromatic carbocycles. The molecule has 0 saturated carbocycles. The SMILES string of the molecule is CCOc1ccc([C@@H]2C(C(=O)Nc3ccccc3)=C(C)N=c3s/c(=C\c4cc(Br)cc(I)c4OCc4ccc(C#N)cc4)c(=O)n32)cc1. The molecule has 1 aliphatic heterocycles. The van der Waals surface area contributed by atoms with Crippen molar-refractivity contribution in [3.8, 4) is 17.6 Å². The molecule has 0 bridgehead atoms. The number of benzene rings is 4. The Bertz CT molecular complexity index is 2260. The molecule has 1 aliphatic rings. The largest absolute Gasteiger partial charge is 0.494 e. The zero-order valence-corrected chi connectivity index (χ0v) is 30.4. The quantitative estimate of drug-likeness (QED) is 0.160. The van der Waals surface area contributed by atoms with Gasteiger partial charge < -0.3 is 14.8 Å². The van der Waals surface area contributed by atoms with E-state index in [9.17, 15) is 9.59 Å². The molecule has 0 aliphatic carbocycles. The minimum atomic E-state index is -0.725. The maximum Gasteiger partial charge on any atom is 0.271 e. The summed E-state index contributed by atoms with van der Waals surface area (Å²) in [5.41, 5.74) is 4.22. The molecule has 0 spiro atoms. The molecule has 8 nitrogen and oxygen atoms in total. The lowest BCUT2D eigenvalue weighted by Crippen LogP contribution is -2.40. The van der Waals surface area contributed by atoms with Crippen LogP contribution in [-0.2, 0) is 11.4 Å². The highest BCUT2D eigenvalue weighted by atomic mass is 127. The molecule has 0 saturated heterocycles. The molecule has 1 N–H and O–H groups in total. The van der Waals surface area contributed by atoms with Gasteiger partial charge >= 0.3 is 0 Å². The van der Waals surface area contributed by atoms with Gasteiger partial charge in [0.15, 0.2) is 4.80 Å². The molecule has 6 rings (SSSR count). The number of nitrogens with zero attached hydrogens (tertiary/aromatic N) is 3. The molecule has 2 heterocycles. The van der Waals surface area contributed by atoms with Crippen LogP contribution in [0.5, 0.6) is 11.5 Å². The number of anilines is 1. The second-order valence-electron chi connectivity index (χ2n) is 10.8. The van der Waals surface area contributed by atoms with Crippen LogP contribution >= 0.6 is 49.9 Å². The van der Waals surface area contributed by atoms with E-state index in [1.165, 1.54) is 11.3 Å². The third-order valence-corrected chi connectivity index (χ3v) is 9.84. The zero-order chi connectivity index (χ0) is 33.8. The van der Waals surface area contributed by atoms with Gasteiger partial charge in [-0.05, 0) is 102 Å². The van der Waals surface area contributed by atoms with Crippen LogP contribution in [0.25, 0.3) is 6.08 Å². The molecule has 0 radical (unpaired) electrons. The van der Waals surface area contributed by atoms with Crippen LogP contribution < -0.4 is 29.7 Å². The van der Waals surface area contributed by atoms with Gasteiger partial charge in [0.2, 0.25) is 0 Å². The molecule has 0 fully saturated rings. The second kappa shape index (κ2) is 14.7. The minimum Gasteiger partial charge on any atom is -0.494 e. The van der Waals surface area contributed by atoms with Crippen molar-refractivity contribution in [2.75, 3.05) is 11.9 Å². The predicted molar refractivity (Wildman–Crippen MR) is 199 cm³/mol. The third kappa shape index (κ3) is 7.16. The van der Waals surface area contributed by atoms with Crippen molar-refractivity contribution >= 4 is 67.5 Å². The van der Waals surface area contributed by atoms with Gasteiger partial charge in [-0.1, -0.05) is 69.7 Å². The van der Waals surface area contributed by atoms with Gasteiger partial charge in [-0.2, -0.15) is 5.26 Å². The lowest BCUT2D eigenvalue weighted by Gasteiger charge is -2.25. The first-order chi connectivity index (χ1) is 23.2. The maximum atomic E-state index is 14.3. The van der Waals surface area contributed by atoms with Crippen molar-refractivity contribution in [2.45, 2.75) is 26.5 Å². The topological polar surface area (TPSA) is 106 Å². The summed E-state index contributed by atoms with van der Waals surface area (Å²) in [6, 6.07) is 29.1. The monoisotopic (exact) mass is 830 g/mol. The highest BCUT2D eigenvalue weighted by molar-refractivity contribution is 14.1. The molecule has 48 heavy (non-hydrogen) atoms. The van der Waals surface area contributed by atoms with Crippen LogP contribution in [0.2, 0.25) is 0 Å². The first kappa shape index (κ1) is 33.4. The summed E-state index contributed by atoms with van der Waals surface area (Å²) in [6.45, 7) is 4.51. The summed E-state index contributed by atoms with van der Waals surface area (Å²) >= 11 is 7.07. The zero-order valence-electron chi connectivity index (χ0n) is 25.9. The molecule has 1 amide bonds. The number of nitriles is 1. The molecular weight excluding hydrogens is 803 g/mol. The summed E-state index contributed by atoms with van der Waals surface area (Å²) in [5, 5.41) is 12.1. The Labute approximate surface area is 303 Å². The van der Waals surface area contributed by atoms with Crippen molar-refractivity contribution < 1.29 is 14.3 Å². The van der Waals surface area contributed by atoms with Crippen LogP contribution in [-0.4, -0.2) is 17.1 Å². The van der Waals surface area contributed by atoms with Crippen molar-refractivity contribution in [1.29, 1.82) is 5.26 Å². The van der Waals surface area contributed by atoms with Crippen LogP contribution in [0, 0.1) is 14.9 Å². The number of halogens is 2. The van der Waals surface area contributed by atoms with E-state index < -0.39 is 6.04 Å². The van der Waals surface area contributed by atoms with Gasteiger partial charge in [-0.25, -0.2) is 4.99 Å². The van der Waals surface area contributed by atoms with Gasteiger partial charge in [0, 0.05) is 15.7 Å². The summed E-state index contributed by atoms with van der Waals surface area (Å²) < 4.78 is 15.7. The first-order valence-electron chi connectivity index (χ1n) is 15.0. The number of rotatable bonds is 9. The molecule has 1 atom stereocenters. The molecule has 11 heteroatoms. The number of para-hydroxylation sites is 1. The average Bonchev–Trinajstić information content (AvgIpc) is 3.38. The number of carbonyl (C=O) groups is 1. The number of ether oxygens (including phenoxy) is 2. The van der Waals surface area contributed by atoms with E-state index in [1.807, 2.05) is 91.9 Å². The number of allylic oxidation sites excluding steroid dienone is 1. The Morgan fingerprint density at radius 2 is 1.81 bits per heavy atom. The smallest absolute Gasteiger partial charge is 0.271 e. The van der Waals surface area contributed by atoms with Crippen molar-refractivity contribution in [3.05, 3.63) is 152 Å². The number of amides is 1. The fourth-order valence-electron chi connectivity index (χ4n) is 5.37. The normalized spacial score (nSPS) is 14.1. The minimum absolute atomic E-state index is 0.275. The fraction of sp³-hybridized carbons (Fsp3) is 0.135. The number of nitrogens with one attached hydrogen (secondary N) is 1. The van der Waals surface area contributed by atoms with E-state index in [2.05, 4.69) is 49.9 Å². The Kier molecular flexibility index (Phi) is 10.2. The van der Waals surface area contributed by atoms with Crippen molar-refractivity contribution in [3.63, 3.8) is 0 Å². The predicted octanol–water partition coefficient (Wildman–Crippen LogP) is 7.09. The highest BCUT2D eigenvalue weighted by Gasteiger charge is 2.32. The Balaban J connectivity index is 1.44. The van der Waals surface area contributed by atoms with Crippen LogP contribution in [0.4, 0.5) is 5.69 Å². The van der Waals surface area contributed by atoms with Crippen molar-refractivity contribution in [1.82, 2.24) is 4.57 Å². The summed E-state index contributed by atoms with van der Waals surface area (Å²) in [7, 11) is 0. The first-order valence-corrected chi connectivity index (χ1v) is 17.7. The van der Waals surface area contributed by atoms with Crippen LogP contribution in [0.3, 0.4) is 0 Å². The van der Waals surface area contributed by atoms with Gasteiger partial charge in [-0.3, -0.25) is 14.2 Å². The summed E-state index contributed by atoms with van der Waals surface area (Å²) in [6.07, 6.45) is 1.81. The summed E-state index contributed by atoms with van der Waals surface area (Å²) in [4.78, 5) is 33.5. The lowest BCUT2D eigenvalue weighted by atomic mass is 9.95. The number of hydrogen-bond donors (Lipinski definition) is 1. The maximum absolute atomic E-state index is 14.3. The van der Waals surface area contributed by atoms with E-state index in [-0.39, 0.29) is 18.1 Å². The van der Waals surface area contributed by atoms with Crippen molar-refractivity contribution in [2.24, 2.45) is 4.99 Å². The van der Waals surface area contributed by atoms with E-state index >= 15 is 0 Å². The molecular formula is C37H28BrIN4O4S. The number of fused-ring (bicyclic) bond motifs is 1. The Morgan fingerprint density at radius 1 is 1.08 bits per heavy atom. The molecule has 240 valence electrons. The Morgan fingerprint density at radius 3 is 2.50 bits per heavy atom. The fourth-order valence-corrected chi connectivity index (χ4v) is 8.12. The highest BCUT2D eigenvalue weighted by Crippen LogP contribution is 2.33. The van der Waals surface area contributed by atoms with Gasteiger partial charge in [0.1, 0.15) is 18.1 Å². The van der Waals surface area contributed by atoms with Crippen LogP contribution in [0.1, 0.15) is 42.1 Å². The second-order valence-corrected chi connectivity index (χ2v) is 13.9. The molecule has 5 aromatic rings. The lowest BCUT2D eigenvalue weighted by molar-refractivity contribution is -0.113. The number of aromatic nitrogens is 1. The number of hydrogen-bond acceptors (Lipinski definition) is 7. The average molecular weight is 832 g/mol. The molecule has 1 aromatic heterocycles. The van der Waals surface area contributed by atoms with Gasteiger partial charge in [0.25, 0.3) is 11.5 Å². The van der Waals surface area contributed by atoms with Gasteiger partial charge in [-0.15, -0.1) is 0 Å². The standard InChI is InChI=1S/C37H28BrIN4O4S/c1-3-46-29-15-13-25(14-16-29)33-32(35(44)42-28-7-5-4-6-8-28)22(2)41-37-43(33)36(45)31(48-37)18-26-17-27(38)19-30(39)34(26)47-21-24-11-9-23(20-40)10-12-24/h4-19,33H,3,21H2,1-2H3,(H,42,44)/b31-18-/t33-/m1/s1. The Hall–Kier alpha value is -4.51. The molecule has 0 unspecified atom stereocenters. The summed E-state index contributed by atoms with van der Waals surface area (Å²) in [5.74, 6) is 0.981. The van der Waals surface area contributed by atoms with Crippen LogP contribution in [0.15, 0.2) is 117 Å². The van der Waals surface area contributed by atoms with E-state index in [4.69, 9.17) is 19.7 Å². The number of carbonyl (C=O) groups excluding carboxylic acids is 1. The van der Waals surface area contributed by atoms with E-state index in [0.717, 1.165) is 19.2 Å². The van der Waals surface area contributed by atoms with Gasteiger partial charge in [0.05, 0.1) is 43.7 Å². The third-order valence-electron chi connectivity index (χ3n) is 7.59.